The standard InChI is InChI=1S/C18H16FN3O.ClH/c19-16-9-11(1-2-12(16)10-21-13-3-4-13)14-7-8-20-18-15(14)5-6-17(23)22-18;/h1-2,5-9,13,21H,3-4,10H2,(H,20,22,23);1H. The fourth-order valence-corrected chi connectivity index (χ4v) is 2.71. The number of aromatic amines is 1. The molecule has 24 heavy (non-hydrogen) atoms. The van der Waals surface area contributed by atoms with Crippen molar-refractivity contribution < 1.29 is 4.39 Å². The van der Waals surface area contributed by atoms with Gasteiger partial charge in [0.15, 0.2) is 0 Å². The summed E-state index contributed by atoms with van der Waals surface area (Å²) in [6.07, 6.45) is 3.98. The maximum absolute atomic E-state index is 14.4. The number of nitrogens with zero attached hydrogens (tertiary/aromatic N) is 1. The van der Waals surface area contributed by atoms with Crippen molar-refractivity contribution in [2.24, 2.45) is 0 Å². The van der Waals surface area contributed by atoms with Crippen LogP contribution in [0.25, 0.3) is 22.2 Å². The number of hydrogen-bond acceptors (Lipinski definition) is 3. The molecule has 4 rings (SSSR count). The molecule has 6 heteroatoms. The van der Waals surface area contributed by atoms with Crippen LogP contribution in [0.4, 0.5) is 4.39 Å². The fraction of sp³-hybridized carbons (Fsp3) is 0.222. The third-order valence-electron chi connectivity index (χ3n) is 4.16. The van der Waals surface area contributed by atoms with Gasteiger partial charge in [0.05, 0.1) is 0 Å². The molecule has 0 amide bonds. The molecule has 0 radical (unpaired) electrons. The van der Waals surface area contributed by atoms with Crippen molar-refractivity contribution in [3.8, 4) is 11.1 Å². The van der Waals surface area contributed by atoms with Gasteiger partial charge in [0.1, 0.15) is 11.5 Å². The van der Waals surface area contributed by atoms with E-state index in [-0.39, 0.29) is 23.8 Å². The van der Waals surface area contributed by atoms with Gasteiger partial charge in [0, 0.05) is 35.8 Å². The van der Waals surface area contributed by atoms with Crippen molar-refractivity contribution in [3.05, 3.63) is 64.3 Å². The monoisotopic (exact) mass is 345 g/mol. The van der Waals surface area contributed by atoms with Crippen molar-refractivity contribution in [3.63, 3.8) is 0 Å². The lowest BCUT2D eigenvalue weighted by molar-refractivity contribution is 0.587. The summed E-state index contributed by atoms with van der Waals surface area (Å²) in [4.78, 5) is 18.3. The summed E-state index contributed by atoms with van der Waals surface area (Å²) in [5.74, 6) is -0.218. The Hall–Kier alpha value is -2.24. The molecule has 3 aromatic rings. The summed E-state index contributed by atoms with van der Waals surface area (Å²) in [6, 6.07) is 10.8. The van der Waals surface area contributed by atoms with Gasteiger partial charge < -0.3 is 10.3 Å². The third-order valence-corrected chi connectivity index (χ3v) is 4.16. The summed E-state index contributed by atoms with van der Waals surface area (Å²) in [5.41, 5.74) is 2.61. The maximum atomic E-state index is 14.4. The van der Waals surface area contributed by atoms with E-state index in [1.807, 2.05) is 18.2 Å². The second kappa shape index (κ2) is 6.71. The van der Waals surface area contributed by atoms with Crippen molar-refractivity contribution in [2.45, 2.75) is 25.4 Å². The number of fused-ring (bicyclic) bond motifs is 1. The molecule has 2 N–H and O–H groups in total. The first-order valence-electron chi connectivity index (χ1n) is 7.71. The number of aromatic nitrogens is 2. The van der Waals surface area contributed by atoms with Gasteiger partial charge in [0.25, 0.3) is 0 Å². The first-order chi connectivity index (χ1) is 11.2. The van der Waals surface area contributed by atoms with Crippen LogP contribution < -0.4 is 10.9 Å². The largest absolute Gasteiger partial charge is 0.310 e. The molecule has 1 aliphatic carbocycles. The first kappa shape index (κ1) is 16.6. The van der Waals surface area contributed by atoms with Crippen LogP contribution in [0.5, 0.6) is 0 Å². The highest BCUT2D eigenvalue weighted by Crippen LogP contribution is 2.28. The van der Waals surface area contributed by atoms with E-state index in [1.165, 1.54) is 18.9 Å². The average molecular weight is 346 g/mol. The van der Waals surface area contributed by atoms with E-state index in [4.69, 9.17) is 0 Å². The van der Waals surface area contributed by atoms with Gasteiger partial charge in [-0.05, 0) is 42.2 Å². The van der Waals surface area contributed by atoms with E-state index in [2.05, 4.69) is 15.3 Å². The fourth-order valence-electron chi connectivity index (χ4n) is 2.71. The van der Waals surface area contributed by atoms with Gasteiger partial charge in [-0.1, -0.05) is 12.1 Å². The molecule has 2 heterocycles. The smallest absolute Gasteiger partial charge is 0.249 e. The summed E-state index contributed by atoms with van der Waals surface area (Å²) >= 11 is 0. The predicted octanol–water partition coefficient (Wildman–Crippen LogP) is 3.40. The van der Waals surface area contributed by atoms with Crippen LogP contribution in [-0.2, 0) is 6.54 Å². The summed E-state index contributed by atoms with van der Waals surface area (Å²) in [5, 5.41) is 4.12. The lowest BCUT2D eigenvalue weighted by atomic mass is 10.0. The highest BCUT2D eigenvalue weighted by atomic mass is 35.5. The molecular formula is C18H17ClFN3O. The van der Waals surface area contributed by atoms with Gasteiger partial charge in [-0.3, -0.25) is 4.79 Å². The molecule has 1 saturated carbocycles. The lowest BCUT2D eigenvalue weighted by Gasteiger charge is -2.09. The van der Waals surface area contributed by atoms with Gasteiger partial charge >= 0.3 is 0 Å². The Kier molecular flexibility index (Phi) is 4.64. The highest BCUT2D eigenvalue weighted by molar-refractivity contribution is 5.92. The van der Waals surface area contributed by atoms with Crippen LogP contribution in [0.3, 0.4) is 0 Å². The number of hydrogen-bond donors (Lipinski definition) is 2. The van der Waals surface area contributed by atoms with Crippen LogP contribution in [-0.4, -0.2) is 16.0 Å². The average Bonchev–Trinajstić information content (AvgIpc) is 3.37. The number of rotatable bonds is 4. The lowest BCUT2D eigenvalue weighted by Crippen LogP contribution is -2.16. The number of benzene rings is 1. The van der Waals surface area contributed by atoms with E-state index in [0.29, 0.717) is 23.8 Å². The molecule has 124 valence electrons. The topological polar surface area (TPSA) is 57.8 Å². The number of nitrogens with one attached hydrogen (secondary N) is 2. The molecule has 1 aliphatic rings. The molecule has 0 unspecified atom stereocenters. The van der Waals surface area contributed by atoms with E-state index < -0.39 is 0 Å². The summed E-state index contributed by atoms with van der Waals surface area (Å²) in [6.45, 7) is 0.557. The summed E-state index contributed by atoms with van der Waals surface area (Å²) in [7, 11) is 0. The zero-order valence-electron chi connectivity index (χ0n) is 12.9. The van der Waals surface area contributed by atoms with Crippen LogP contribution in [0.1, 0.15) is 18.4 Å². The van der Waals surface area contributed by atoms with E-state index in [1.54, 1.807) is 18.3 Å². The second-order valence-corrected chi connectivity index (χ2v) is 5.90. The van der Waals surface area contributed by atoms with E-state index in [0.717, 1.165) is 16.5 Å². The zero-order chi connectivity index (χ0) is 15.8. The molecule has 4 nitrogen and oxygen atoms in total. The molecular weight excluding hydrogens is 329 g/mol. The molecule has 0 atom stereocenters. The van der Waals surface area contributed by atoms with Crippen LogP contribution in [0.2, 0.25) is 0 Å². The minimum atomic E-state index is -0.218. The molecule has 2 aromatic heterocycles. The maximum Gasteiger partial charge on any atom is 0.249 e. The van der Waals surface area contributed by atoms with Crippen molar-refractivity contribution >= 4 is 23.4 Å². The molecule has 1 aromatic carbocycles. The van der Waals surface area contributed by atoms with Crippen molar-refractivity contribution in [1.29, 1.82) is 0 Å². The van der Waals surface area contributed by atoms with E-state index in [9.17, 15) is 9.18 Å². The number of halogens is 2. The van der Waals surface area contributed by atoms with Gasteiger partial charge in [-0.25, -0.2) is 9.37 Å². The third kappa shape index (κ3) is 3.32. The predicted molar refractivity (Wildman–Crippen MR) is 94.9 cm³/mol. The Morgan fingerprint density at radius 1 is 1.21 bits per heavy atom. The zero-order valence-corrected chi connectivity index (χ0v) is 13.7. The van der Waals surface area contributed by atoms with Gasteiger partial charge in [0.2, 0.25) is 5.56 Å². The molecule has 0 bridgehead atoms. The van der Waals surface area contributed by atoms with E-state index >= 15 is 0 Å². The van der Waals surface area contributed by atoms with Gasteiger partial charge in [-0.2, -0.15) is 0 Å². The molecule has 0 saturated heterocycles. The Labute approximate surface area is 144 Å². The van der Waals surface area contributed by atoms with Crippen molar-refractivity contribution in [1.82, 2.24) is 15.3 Å². The Morgan fingerprint density at radius 3 is 2.79 bits per heavy atom. The van der Waals surface area contributed by atoms with Crippen molar-refractivity contribution in [2.75, 3.05) is 0 Å². The Bertz CT molecular complexity index is 937. The second-order valence-electron chi connectivity index (χ2n) is 5.90. The molecule has 1 fully saturated rings. The first-order valence-corrected chi connectivity index (χ1v) is 7.71. The minimum Gasteiger partial charge on any atom is -0.310 e. The van der Waals surface area contributed by atoms with Crippen LogP contribution in [0, 0.1) is 5.82 Å². The molecule has 0 spiro atoms. The Morgan fingerprint density at radius 2 is 2.04 bits per heavy atom. The molecule has 0 aliphatic heterocycles. The van der Waals surface area contributed by atoms with Crippen LogP contribution in [0.15, 0.2) is 47.4 Å². The van der Waals surface area contributed by atoms with Crippen LogP contribution >= 0.6 is 12.4 Å². The number of H-pyrrole nitrogens is 1. The SMILES string of the molecule is Cl.O=c1ccc2c(-c3ccc(CNC4CC4)c(F)c3)ccnc2[nH]1. The highest BCUT2D eigenvalue weighted by Gasteiger charge is 2.20. The normalized spacial score (nSPS) is 13.7. The Balaban J connectivity index is 0.00000169. The number of pyridine rings is 2. The summed E-state index contributed by atoms with van der Waals surface area (Å²) < 4.78 is 14.4. The minimum absolute atomic E-state index is 0. The quantitative estimate of drug-likeness (QED) is 0.762. The van der Waals surface area contributed by atoms with Gasteiger partial charge in [-0.15, -0.1) is 12.4 Å².